The lowest BCUT2D eigenvalue weighted by atomic mass is 10.1. The number of carboxylic acid groups (broad SMARTS) is 1. The van der Waals surface area contributed by atoms with E-state index in [0.29, 0.717) is 10.8 Å². The van der Waals surface area contributed by atoms with E-state index >= 15 is 0 Å². The van der Waals surface area contributed by atoms with Gasteiger partial charge in [0.2, 0.25) is 5.91 Å². The SMILES string of the molecule is Cc1n[nH]c(C)c1CC(=O)Nc1nc(CC(=O)O)cs1. The summed E-state index contributed by atoms with van der Waals surface area (Å²) in [6.07, 6.45) is 0.0638. The molecule has 0 spiro atoms. The van der Waals surface area contributed by atoms with Crippen LogP contribution in [0.4, 0.5) is 5.13 Å². The Kier molecular flexibility index (Phi) is 4.14. The van der Waals surface area contributed by atoms with E-state index in [9.17, 15) is 9.59 Å². The Morgan fingerprint density at radius 1 is 1.40 bits per heavy atom. The van der Waals surface area contributed by atoms with E-state index in [1.807, 2.05) is 13.8 Å². The maximum absolute atomic E-state index is 11.9. The predicted molar refractivity (Wildman–Crippen MR) is 73.8 cm³/mol. The number of nitrogens with one attached hydrogen (secondary N) is 2. The van der Waals surface area contributed by atoms with Gasteiger partial charge in [-0.05, 0) is 13.8 Å². The van der Waals surface area contributed by atoms with Gasteiger partial charge in [-0.2, -0.15) is 5.10 Å². The number of carboxylic acids is 1. The normalized spacial score (nSPS) is 10.5. The Balaban J connectivity index is 1.98. The van der Waals surface area contributed by atoms with Crippen LogP contribution in [0.15, 0.2) is 5.38 Å². The summed E-state index contributed by atoms with van der Waals surface area (Å²) in [5.74, 6) is -1.15. The Bertz CT molecular complexity index is 627. The Morgan fingerprint density at radius 2 is 2.15 bits per heavy atom. The number of aliphatic carboxylic acids is 1. The minimum Gasteiger partial charge on any atom is -0.481 e. The summed E-state index contributed by atoms with van der Waals surface area (Å²) in [5, 5.41) is 20.2. The highest BCUT2D eigenvalue weighted by atomic mass is 32.1. The fourth-order valence-electron chi connectivity index (χ4n) is 1.76. The van der Waals surface area contributed by atoms with Gasteiger partial charge in [-0.3, -0.25) is 14.7 Å². The van der Waals surface area contributed by atoms with E-state index in [1.54, 1.807) is 5.38 Å². The van der Waals surface area contributed by atoms with Crippen LogP contribution in [-0.4, -0.2) is 32.2 Å². The summed E-state index contributed by atoms with van der Waals surface area (Å²) in [7, 11) is 0. The summed E-state index contributed by atoms with van der Waals surface area (Å²) in [5.41, 5.74) is 2.96. The average molecular weight is 294 g/mol. The van der Waals surface area contributed by atoms with Crippen LogP contribution in [0.5, 0.6) is 0 Å². The van der Waals surface area contributed by atoms with Gasteiger partial charge in [0, 0.05) is 16.6 Å². The molecular formula is C12H14N4O3S. The van der Waals surface area contributed by atoms with Gasteiger partial charge in [-0.1, -0.05) is 0 Å². The maximum atomic E-state index is 11.9. The number of aryl methyl sites for hydroxylation is 2. The van der Waals surface area contributed by atoms with Crippen molar-refractivity contribution in [1.29, 1.82) is 0 Å². The molecular weight excluding hydrogens is 280 g/mol. The molecule has 0 aliphatic heterocycles. The van der Waals surface area contributed by atoms with Gasteiger partial charge in [0.15, 0.2) is 5.13 Å². The number of hydrogen-bond acceptors (Lipinski definition) is 5. The van der Waals surface area contributed by atoms with Crippen molar-refractivity contribution in [2.45, 2.75) is 26.7 Å². The monoisotopic (exact) mass is 294 g/mol. The number of carbonyl (C=O) groups is 2. The fraction of sp³-hybridized carbons (Fsp3) is 0.333. The minimum absolute atomic E-state index is 0.147. The summed E-state index contributed by atoms with van der Waals surface area (Å²) in [6, 6.07) is 0. The molecule has 0 aliphatic rings. The number of anilines is 1. The van der Waals surface area contributed by atoms with Crippen molar-refractivity contribution >= 4 is 28.3 Å². The molecule has 3 N–H and O–H groups in total. The summed E-state index contributed by atoms with van der Waals surface area (Å²) < 4.78 is 0. The van der Waals surface area contributed by atoms with Crippen LogP contribution >= 0.6 is 11.3 Å². The van der Waals surface area contributed by atoms with Crippen molar-refractivity contribution in [1.82, 2.24) is 15.2 Å². The molecule has 1 amide bonds. The summed E-state index contributed by atoms with van der Waals surface area (Å²) in [6.45, 7) is 3.69. The quantitative estimate of drug-likeness (QED) is 0.770. The number of aromatic amines is 1. The first-order valence-electron chi connectivity index (χ1n) is 5.92. The third-order valence-corrected chi connectivity index (χ3v) is 3.56. The second-order valence-electron chi connectivity index (χ2n) is 4.35. The zero-order valence-corrected chi connectivity index (χ0v) is 11.9. The number of nitrogens with zero attached hydrogens (tertiary/aromatic N) is 2. The van der Waals surface area contributed by atoms with Crippen molar-refractivity contribution < 1.29 is 14.7 Å². The average Bonchev–Trinajstić information content (AvgIpc) is 2.90. The molecule has 2 aromatic rings. The van der Waals surface area contributed by atoms with E-state index in [4.69, 9.17) is 5.11 Å². The first-order chi connectivity index (χ1) is 9.45. The lowest BCUT2D eigenvalue weighted by Crippen LogP contribution is -2.15. The van der Waals surface area contributed by atoms with E-state index in [0.717, 1.165) is 17.0 Å². The van der Waals surface area contributed by atoms with Crippen LogP contribution in [0, 0.1) is 13.8 Å². The largest absolute Gasteiger partial charge is 0.481 e. The molecule has 8 heteroatoms. The van der Waals surface area contributed by atoms with Gasteiger partial charge in [0.05, 0.1) is 24.2 Å². The summed E-state index contributed by atoms with van der Waals surface area (Å²) >= 11 is 1.21. The predicted octanol–water partition coefficient (Wildman–Crippen LogP) is 1.29. The van der Waals surface area contributed by atoms with Crippen LogP contribution in [0.25, 0.3) is 0 Å². The Labute approximate surface area is 119 Å². The van der Waals surface area contributed by atoms with Gasteiger partial charge in [0.1, 0.15) is 0 Å². The van der Waals surface area contributed by atoms with Gasteiger partial charge in [0.25, 0.3) is 0 Å². The molecule has 106 valence electrons. The molecule has 0 atom stereocenters. The number of aromatic nitrogens is 3. The highest BCUT2D eigenvalue weighted by Crippen LogP contribution is 2.17. The van der Waals surface area contributed by atoms with E-state index < -0.39 is 5.97 Å². The number of thiazole rings is 1. The standard InChI is InChI=1S/C12H14N4O3S/c1-6-9(7(2)16-15-6)4-10(17)14-12-13-8(5-20-12)3-11(18)19/h5H,3-4H2,1-2H3,(H,15,16)(H,18,19)(H,13,14,17). The minimum atomic E-state index is -0.946. The van der Waals surface area contributed by atoms with E-state index in [2.05, 4.69) is 20.5 Å². The van der Waals surface area contributed by atoms with Crippen LogP contribution in [-0.2, 0) is 22.4 Å². The molecule has 0 saturated heterocycles. The molecule has 0 fully saturated rings. The molecule has 0 unspecified atom stereocenters. The highest BCUT2D eigenvalue weighted by Gasteiger charge is 2.13. The molecule has 20 heavy (non-hydrogen) atoms. The first-order valence-corrected chi connectivity index (χ1v) is 6.80. The van der Waals surface area contributed by atoms with Crippen molar-refractivity contribution in [2.75, 3.05) is 5.32 Å². The molecule has 7 nitrogen and oxygen atoms in total. The number of amides is 1. The van der Waals surface area contributed by atoms with Crippen LogP contribution in [0.1, 0.15) is 22.6 Å². The van der Waals surface area contributed by atoms with Gasteiger partial charge >= 0.3 is 5.97 Å². The first kappa shape index (κ1) is 14.2. The number of rotatable bonds is 5. The second-order valence-corrected chi connectivity index (χ2v) is 5.21. The smallest absolute Gasteiger partial charge is 0.309 e. The molecule has 0 bridgehead atoms. The van der Waals surface area contributed by atoms with Crippen molar-refractivity contribution in [3.63, 3.8) is 0 Å². The highest BCUT2D eigenvalue weighted by molar-refractivity contribution is 7.13. The number of carbonyl (C=O) groups excluding carboxylic acids is 1. The van der Waals surface area contributed by atoms with Crippen molar-refractivity contribution in [3.8, 4) is 0 Å². The van der Waals surface area contributed by atoms with Crippen LogP contribution < -0.4 is 5.32 Å². The molecule has 0 saturated carbocycles. The van der Waals surface area contributed by atoms with Gasteiger partial charge in [-0.25, -0.2) is 4.98 Å². The van der Waals surface area contributed by atoms with E-state index in [1.165, 1.54) is 11.3 Å². The molecule has 0 aliphatic carbocycles. The van der Waals surface area contributed by atoms with Crippen molar-refractivity contribution in [3.05, 3.63) is 28.0 Å². The third kappa shape index (κ3) is 3.41. The topological polar surface area (TPSA) is 108 Å². The maximum Gasteiger partial charge on any atom is 0.309 e. The Hall–Kier alpha value is -2.22. The molecule has 0 radical (unpaired) electrons. The number of hydrogen-bond donors (Lipinski definition) is 3. The molecule has 2 heterocycles. The van der Waals surface area contributed by atoms with Gasteiger partial charge in [-0.15, -0.1) is 11.3 Å². The Morgan fingerprint density at radius 3 is 2.75 bits per heavy atom. The second kappa shape index (κ2) is 5.83. The number of H-pyrrole nitrogens is 1. The van der Waals surface area contributed by atoms with Crippen LogP contribution in [0.2, 0.25) is 0 Å². The third-order valence-electron chi connectivity index (χ3n) is 2.75. The fourth-order valence-corrected chi connectivity index (χ4v) is 2.49. The van der Waals surface area contributed by atoms with E-state index in [-0.39, 0.29) is 18.7 Å². The summed E-state index contributed by atoms with van der Waals surface area (Å²) in [4.78, 5) is 26.5. The lowest BCUT2D eigenvalue weighted by molar-refractivity contribution is -0.136. The lowest BCUT2D eigenvalue weighted by Gasteiger charge is -2.02. The molecule has 2 aromatic heterocycles. The van der Waals surface area contributed by atoms with Gasteiger partial charge < -0.3 is 10.4 Å². The van der Waals surface area contributed by atoms with Crippen molar-refractivity contribution in [2.24, 2.45) is 0 Å². The van der Waals surface area contributed by atoms with Crippen LogP contribution in [0.3, 0.4) is 0 Å². The zero-order valence-electron chi connectivity index (χ0n) is 11.1. The molecule has 2 rings (SSSR count). The molecule has 0 aromatic carbocycles. The zero-order chi connectivity index (χ0) is 14.7.